The second-order valence-corrected chi connectivity index (χ2v) is 13.5. The molecule has 0 amide bonds. The van der Waals surface area contributed by atoms with Crippen molar-refractivity contribution in [3.8, 4) is 11.1 Å². The number of azo groups is 2. The van der Waals surface area contributed by atoms with Crippen molar-refractivity contribution in [1.82, 2.24) is 0 Å². The van der Waals surface area contributed by atoms with Gasteiger partial charge in [0.15, 0.2) is 5.78 Å². The third-order valence-corrected chi connectivity index (χ3v) is 9.06. The number of nitrogen functional groups attached to an aromatic ring is 2. The van der Waals surface area contributed by atoms with Gasteiger partial charge in [-0.2, -0.15) is 23.7 Å². The first-order chi connectivity index (χ1) is 26.7. The number of aryl methyl sites for hydroxylation is 1. The fourth-order valence-corrected chi connectivity index (χ4v) is 5.60. The Morgan fingerprint density at radius 3 is 1.88 bits per heavy atom. The number of benzene rings is 5. The number of hydrazone groups is 1. The van der Waals surface area contributed by atoms with Crippen LogP contribution in [0.3, 0.4) is 0 Å². The fraction of sp³-hybridized carbons (Fsp3) is 0.0256. The number of aliphatic imine (C=N–C) groups is 1. The van der Waals surface area contributed by atoms with Crippen molar-refractivity contribution < 1.29 is 62.3 Å². The molecule has 5 aromatic carbocycles. The minimum absolute atomic E-state index is 0. The number of carbonyl (C=O) groups excluding carboxylic acids is 1. The van der Waals surface area contributed by atoms with E-state index < -0.39 is 21.9 Å². The van der Waals surface area contributed by atoms with E-state index in [1.165, 1.54) is 36.4 Å². The Hall–Kier alpha value is -6.63. The monoisotopic (exact) mass is 792 g/mol. The molecule has 0 spiro atoms. The van der Waals surface area contributed by atoms with Crippen LogP contribution in [0.4, 0.5) is 45.5 Å². The summed E-state index contributed by atoms with van der Waals surface area (Å²) in [7, 11) is -4.35. The number of aliphatic hydroxyl groups excluding tert-OH is 1. The second-order valence-electron chi connectivity index (χ2n) is 12.1. The predicted octanol–water partition coefficient (Wildman–Crippen LogP) is 5.46. The summed E-state index contributed by atoms with van der Waals surface area (Å²) >= 11 is 0. The van der Waals surface area contributed by atoms with Gasteiger partial charge in [0.25, 0.3) is 10.1 Å². The molecule has 8 N–H and O–H groups in total. The molecule has 0 atom stereocenters. The number of nitrogens with one attached hydrogen (secondary N) is 1. The Bertz CT molecular complexity index is 2640. The van der Waals surface area contributed by atoms with Crippen molar-refractivity contribution in [3.05, 3.63) is 138 Å². The smallest absolute Gasteiger partial charge is 0.493 e. The summed E-state index contributed by atoms with van der Waals surface area (Å²) in [6.07, 6.45) is 3.80. The summed E-state index contributed by atoms with van der Waals surface area (Å²) in [6, 6.07) is 27.8. The summed E-state index contributed by atoms with van der Waals surface area (Å²) in [5.41, 5.74) is 21.3. The molecule has 0 saturated carbocycles. The molecular weight excluding hydrogens is 762 g/mol. The van der Waals surface area contributed by atoms with E-state index in [1.54, 1.807) is 49.4 Å². The Morgan fingerprint density at radius 1 is 0.719 bits per heavy atom. The Morgan fingerprint density at radius 2 is 1.28 bits per heavy atom. The average Bonchev–Trinajstić information content (AvgIpc) is 3.19. The van der Waals surface area contributed by atoms with Crippen LogP contribution in [0.5, 0.6) is 0 Å². The van der Waals surface area contributed by atoms with Gasteiger partial charge in [-0.05, 0) is 121 Å². The molecule has 5 aromatic rings. The second kappa shape index (κ2) is 17.9. The van der Waals surface area contributed by atoms with Gasteiger partial charge in [0.2, 0.25) is 5.90 Å². The van der Waals surface area contributed by atoms with E-state index in [1.807, 2.05) is 36.4 Å². The number of allylic oxidation sites excluding steroid dienone is 3. The number of carboxylic acids is 1. The maximum absolute atomic E-state index is 11.7. The third kappa shape index (κ3) is 10.4. The van der Waals surface area contributed by atoms with Crippen LogP contribution in [0.2, 0.25) is 0 Å². The number of anilines is 3. The van der Waals surface area contributed by atoms with Gasteiger partial charge in [-0.1, -0.05) is 24.3 Å². The van der Waals surface area contributed by atoms with Gasteiger partial charge in [0, 0.05) is 5.56 Å². The molecule has 16 nitrogen and oxygen atoms in total. The molecular formula is C39H31N9NaO7S+. The van der Waals surface area contributed by atoms with Crippen LogP contribution in [-0.4, -0.2) is 46.5 Å². The van der Waals surface area contributed by atoms with Crippen LogP contribution in [0.15, 0.2) is 162 Å². The molecule has 0 aromatic heterocycles. The first-order valence-corrected chi connectivity index (χ1v) is 17.9. The van der Waals surface area contributed by atoms with Crippen molar-refractivity contribution in [3.63, 3.8) is 0 Å². The summed E-state index contributed by atoms with van der Waals surface area (Å²) in [5, 5.41) is 41.0. The van der Waals surface area contributed by atoms with E-state index in [-0.39, 0.29) is 63.0 Å². The zero-order chi connectivity index (χ0) is 40.0. The molecule has 280 valence electrons. The molecule has 0 saturated heterocycles. The molecule has 0 bridgehead atoms. The van der Waals surface area contributed by atoms with Gasteiger partial charge in [-0.3, -0.25) is 14.8 Å². The SMILES string of the molecule is Cc1cc(N=Nc2ccc(-c3ccc(N/N=C4/C=CC(=O)C(C(=O)O)=C4)cc3)cc2)c(N)c(N=Nc2ccc(C(O)=Nc3ccc(S(=O)(=O)O)cc3)cc2)c1N.[Na+]. The molecule has 1 aliphatic carbocycles. The van der Waals surface area contributed by atoms with E-state index in [0.29, 0.717) is 45.3 Å². The average molecular weight is 793 g/mol. The zero-order valence-corrected chi connectivity index (χ0v) is 33.1. The van der Waals surface area contributed by atoms with E-state index in [9.17, 15) is 23.1 Å². The van der Waals surface area contributed by atoms with Crippen molar-refractivity contribution in [2.24, 2.45) is 30.6 Å². The Kier molecular flexibility index (Phi) is 13.0. The van der Waals surface area contributed by atoms with E-state index in [0.717, 1.165) is 17.2 Å². The van der Waals surface area contributed by atoms with Gasteiger partial charge in [0.05, 0.1) is 44.7 Å². The number of carbonyl (C=O) groups is 2. The molecule has 57 heavy (non-hydrogen) atoms. The number of carboxylic acid groups (broad SMARTS) is 1. The maximum Gasteiger partial charge on any atom is 1.00 e. The van der Waals surface area contributed by atoms with Crippen molar-refractivity contribution in [2.75, 3.05) is 16.9 Å². The minimum atomic E-state index is -4.35. The summed E-state index contributed by atoms with van der Waals surface area (Å²) < 4.78 is 31.6. The third-order valence-electron chi connectivity index (χ3n) is 8.19. The number of rotatable bonds is 11. The van der Waals surface area contributed by atoms with E-state index >= 15 is 0 Å². The van der Waals surface area contributed by atoms with Gasteiger partial charge in [-0.25, -0.2) is 9.79 Å². The van der Waals surface area contributed by atoms with Crippen molar-refractivity contribution in [2.45, 2.75) is 11.8 Å². The number of aliphatic hydroxyl groups is 1. The first kappa shape index (κ1) is 41.5. The first-order valence-electron chi connectivity index (χ1n) is 16.4. The van der Waals surface area contributed by atoms with Gasteiger partial charge in [-0.15, -0.1) is 10.2 Å². The Labute approximate surface area is 347 Å². The van der Waals surface area contributed by atoms with Gasteiger partial charge in [0.1, 0.15) is 16.9 Å². The fourth-order valence-electron chi connectivity index (χ4n) is 5.12. The van der Waals surface area contributed by atoms with Crippen LogP contribution in [0.1, 0.15) is 11.1 Å². The summed E-state index contributed by atoms with van der Waals surface area (Å²) in [6.45, 7) is 1.78. The van der Waals surface area contributed by atoms with E-state index in [2.05, 4.69) is 36.0 Å². The van der Waals surface area contributed by atoms with Gasteiger partial charge < -0.3 is 21.7 Å². The van der Waals surface area contributed by atoms with E-state index in [4.69, 9.17) is 21.1 Å². The van der Waals surface area contributed by atoms with Crippen LogP contribution in [0, 0.1) is 6.92 Å². The largest absolute Gasteiger partial charge is 1.00 e. The van der Waals surface area contributed by atoms with Crippen LogP contribution < -0.4 is 46.5 Å². The number of hydrogen-bond acceptors (Lipinski definition) is 13. The number of aliphatic carboxylic acids is 1. The van der Waals surface area contributed by atoms with Crippen LogP contribution >= 0.6 is 0 Å². The van der Waals surface area contributed by atoms with Crippen LogP contribution in [0.25, 0.3) is 11.1 Å². The number of hydrogen-bond donors (Lipinski definition) is 6. The standard InChI is InChI=1S/C39H31N9O7S.Na/c1-22-20-33(36(41)37(35(22)40)48-45-29-12-6-25(7-13-29)38(50)42-26-14-17-31(18-15-26)56(53,54)55)47-44-28-10-4-24(5-11-28)23-2-8-27(9-3-23)43-46-30-16-19-34(49)32(21-30)39(51)52;/h2-21,43H,40-41H2,1H3,(H,42,50)(H,51,52)(H,53,54,55);/q;+1/b46-30-,47-44?,48-45?;. The predicted molar refractivity (Wildman–Crippen MR) is 213 cm³/mol. The van der Waals surface area contributed by atoms with Crippen molar-refractivity contribution >= 4 is 79.0 Å². The molecule has 0 aliphatic heterocycles. The molecule has 0 unspecified atom stereocenters. The summed E-state index contributed by atoms with van der Waals surface area (Å²) in [5.74, 6) is -2.23. The number of nitrogens with zero attached hydrogens (tertiary/aromatic N) is 6. The van der Waals surface area contributed by atoms with Crippen LogP contribution in [-0.2, 0) is 19.7 Å². The van der Waals surface area contributed by atoms with Gasteiger partial charge >= 0.3 is 35.5 Å². The normalized spacial score (nSPS) is 13.9. The zero-order valence-electron chi connectivity index (χ0n) is 30.3. The molecule has 6 rings (SSSR count). The quantitative estimate of drug-likeness (QED) is 0.0113. The molecule has 18 heteroatoms. The number of ketones is 1. The molecule has 0 fully saturated rings. The molecule has 0 radical (unpaired) electrons. The number of nitrogens with two attached hydrogens (primary N) is 2. The summed E-state index contributed by atoms with van der Waals surface area (Å²) in [4.78, 5) is 26.7. The maximum atomic E-state index is 11.7. The van der Waals surface area contributed by atoms with Crippen molar-refractivity contribution in [1.29, 1.82) is 0 Å². The minimum Gasteiger partial charge on any atom is -0.493 e. The Balaban J connectivity index is 0.00000620. The molecule has 1 aliphatic rings. The molecule has 0 heterocycles. The topological polar surface area (TPSA) is 267 Å².